The van der Waals surface area contributed by atoms with Crippen molar-refractivity contribution < 1.29 is 0 Å². The van der Waals surface area contributed by atoms with Gasteiger partial charge in [-0.15, -0.1) is 11.3 Å². The van der Waals surface area contributed by atoms with Crippen molar-refractivity contribution in [3.8, 4) is 0 Å². The zero-order valence-corrected chi connectivity index (χ0v) is 18.7. The molecule has 1 heterocycles. The van der Waals surface area contributed by atoms with Crippen LogP contribution in [0.15, 0.2) is 72.3 Å². The second-order valence-electron chi connectivity index (χ2n) is 8.45. The summed E-state index contributed by atoms with van der Waals surface area (Å²) in [5.74, 6) is 0. The number of nitrogens with one attached hydrogen (secondary N) is 1. The Kier molecular flexibility index (Phi) is 4.00. The quantitative estimate of drug-likeness (QED) is 0.346. The first-order valence-electron chi connectivity index (χ1n) is 9.92. The van der Waals surface area contributed by atoms with E-state index in [1.807, 2.05) is 11.3 Å². The fourth-order valence-electron chi connectivity index (χ4n) is 5.02. The van der Waals surface area contributed by atoms with Gasteiger partial charge < -0.3 is 4.98 Å². The molecule has 1 aliphatic rings. The molecule has 0 amide bonds. The Bertz CT molecular complexity index is 1230. The van der Waals surface area contributed by atoms with E-state index in [0.29, 0.717) is 5.54 Å². The van der Waals surface area contributed by atoms with E-state index < -0.39 is 8.24 Å². The van der Waals surface area contributed by atoms with Gasteiger partial charge in [0, 0.05) is 31.4 Å². The smallest absolute Gasteiger partial charge is 0.158 e. The maximum Gasteiger partial charge on any atom is 0.158 e. The molecule has 0 saturated carbocycles. The summed E-state index contributed by atoms with van der Waals surface area (Å²) in [6.45, 7) is 9.60. The van der Waals surface area contributed by atoms with Crippen molar-refractivity contribution in [2.45, 2.75) is 32.5 Å². The lowest BCUT2D eigenvalue weighted by Gasteiger charge is -2.33. The van der Waals surface area contributed by atoms with Crippen LogP contribution in [0.4, 0.5) is 5.69 Å². The molecule has 0 aliphatic heterocycles. The lowest BCUT2D eigenvalue weighted by Crippen LogP contribution is -2.44. The van der Waals surface area contributed by atoms with Gasteiger partial charge in [-0.1, -0.05) is 61.1 Å². The third-order valence-electron chi connectivity index (χ3n) is 6.25. The topological polar surface area (TPSA) is 12.0 Å². The number of rotatable bonds is 3. The van der Waals surface area contributed by atoms with Crippen LogP contribution in [0.2, 0.25) is 13.1 Å². The summed E-state index contributed by atoms with van der Waals surface area (Å²) < 4.78 is 2.79. The zero-order valence-electron chi connectivity index (χ0n) is 16.8. The number of anilines is 1. The zero-order chi connectivity index (χ0) is 19.5. The number of thiophene rings is 1. The van der Waals surface area contributed by atoms with E-state index in [1.165, 1.54) is 48.1 Å². The van der Waals surface area contributed by atoms with Gasteiger partial charge in [-0.25, -0.2) is 0 Å². The Morgan fingerprint density at radius 3 is 2.32 bits per heavy atom. The van der Waals surface area contributed by atoms with Gasteiger partial charge in [-0.05, 0) is 54.8 Å². The molecule has 0 saturated heterocycles. The van der Waals surface area contributed by atoms with E-state index in [1.54, 1.807) is 0 Å². The van der Waals surface area contributed by atoms with Crippen molar-refractivity contribution >= 4 is 51.0 Å². The molecule has 1 atom stereocenters. The predicted octanol–water partition coefficient (Wildman–Crippen LogP) is 7.80. The number of benzene rings is 3. The third-order valence-corrected chi connectivity index (χ3v) is 10.5. The van der Waals surface area contributed by atoms with Crippen molar-refractivity contribution in [2.24, 2.45) is 0 Å². The molecule has 3 heteroatoms. The van der Waals surface area contributed by atoms with Crippen molar-refractivity contribution in [3.05, 3.63) is 83.4 Å². The Morgan fingerprint density at radius 1 is 0.821 bits per heavy atom. The number of allylic oxidation sites excluding steroid dienone is 2. The first kappa shape index (κ1) is 17.7. The SMILES string of the molecule is CC1=C(C)C([Si](C)(C)Nc2ccccc2)c2ccc3sc4ccccc4c3c21. The van der Waals surface area contributed by atoms with Gasteiger partial charge in [0.05, 0.1) is 0 Å². The molecule has 5 rings (SSSR count). The molecule has 0 fully saturated rings. The van der Waals surface area contributed by atoms with Gasteiger partial charge in [0.25, 0.3) is 0 Å². The normalized spacial score (nSPS) is 16.8. The van der Waals surface area contributed by atoms with E-state index in [4.69, 9.17) is 0 Å². The van der Waals surface area contributed by atoms with Gasteiger partial charge in [-0.2, -0.15) is 0 Å². The minimum atomic E-state index is -1.81. The molecule has 28 heavy (non-hydrogen) atoms. The van der Waals surface area contributed by atoms with Crippen molar-refractivity contribution in [2.75, 3.05) is 4.98 Å². The van der Waals surface area contributed by atoms with Gasteiger partial charge in [0.15, 0.2) is 8.24 Å². The van der Waals surface area contributed by atoms with Crippen LogP contribution in [0.5, 0.6) is 0 Å². The lowest BCUT2D eigenvalue weighted by atomic mass is 9.99. The van der Waals surface area contributed by atoms with Crippen molar-refractivity contribution in [3.63, 3.8) is 0 Å². The number of para-hydroxylation sites is 1. The van der Waals surface area contributed by atoms with Crippen LogP contribution in [0.25, 0.3) is 25.7 Å². The average molecular weight is 400 g/mol. The number of hydrogen-bond acceptors (Lipinski definition) is 2. The predicted molar refractivity (Wildman–Crippen MR) is 128 cm³/mol. The Labute approximate surface area is 171 Å². The van der Waals surface area contributed by atoms with Gasteiger partial charge in [-0.3, -0.25) is 0 Å². The Morgan fingerprint density at radius 2 is 1.54 bits per heavy atom. The van der Waals surface area contributed by atoms with E-state index >= 15 is 0 Å². The minimum absolute atomic E-state index is 0.491. The van der Waals surface area contributed by atoms with Crippen LogP contribution < -0.4 is 4.98 Å². The Hall–Kier alpha value is -2.36. The van der Waals surface area contributed by atoms with Crippen LogP contribution in [0, 0.1) is 0 Å². The van der Waals surface area contributed by atoms with Crippen LogP contribution in [-0.2, 0) is 0 Å². The third kappa shape index (κ3) is 2.57. The molecular weight excluding hydrogens is 374 g/mol. The number of fused-ring (bicyclic) bond motifs is 5. The highest BCUT2D eigenvalue weighted by atomic mass is 32.1. The molecular formula is C25H25NSSi. The minimum Gasteiger partial charge on any atom is -0.410 e. The van der Waals surface area contributed by atoms with Crippen molar-refractivity contribution in [1.29, 1.82) is 0 Å². The highest BCUT2D eigenvalue weighted by Gasteiger charge is 2.41. The van der Waals surface area contributed by atoms with E-state index in [0.717, 1.165) is 0 Å². The van der Waals surface area contributed by atoms with Gasteiger partial charge in [0.1, 0.15) is 0 Å². The van der Waals surface area contributed by atoms with Crippen molar-refractivity contribution in [1.82, 2.24) is 0 Å². The van der Waals surface area contributed by atoms with Crippen LogP contribution in [0.3, 0.4) is 0 Å². The summed E-state index contributed by atoms with van der Waals surface area (Å²) in [4.78, 5) is 3.94. The molecule has 1 unspecified atom stereocenters. The second-order valence-corrected chi connectivity index (χ2v) is 13.8. The largest absolute Gasteiger partial charge is 0.410 e. The van der Waals surface area contributed by atoms with Crippen LogP contribution in [0.1, 0.15) is 30.5 Å². The van der Waals surface area contributed by atoms with E-state index in [9.17, 15) is 0 Å². The summed E-state index contributed by atoms with van der Waals surface area (Å²) >= 11 is 1.92. The summed E-state index contributed by atoms with van der Waals surface area (Å²) in [7, 11) is -1.81. The summed E-state index contributed by atoms with van der Waals surface area (Å²) in [6, 6.07) is 24.3. The molecule has 1 nitrogen and oxygen atoms in total. The first-order chi connectivity index (χ1) is 13.5. The molecule has 3 aromatic carbocycles. The average Bonchev–Trinajstić information content (AvgIpc) is 3.18. The van der Waals surface area contributed by atoms with Crippen LogP contribution in [-0.4, -0.2) is 8.24 Å². The first-order valence-corrected chi connectivity index (χ1v) is 13.8. The highest BCUT2D eigenvalue weighted by Crippen LogP contribution is 2.51. The molecule has 140 valence electrons. The Balaban J connectivity index is 1.71. The van der Waals surface area contributed by atoms with Crippen LogP contribution >= 0.6 is 11.3 Å². The standard InChI is InChI=1S/C25H25NSSi/c1-16-17(2)25(28(3,4)26-18-10-6-5-7-11-18)20-14-15-22-24(23(16)20)19-12-8-9-13-21(19)27-22/h5-15,25-26H,1-4H3. The summed E-state index contributed by atoms with van der Waals surface area (Å²) in [5, 5.41) is 2.87. The summed E-state index contributed by atoms with van der Waals surface area (Å²) in [5.41, 5.74) is 7.76. The number of hydrogen-bond donors (Lipinski definition) is 1. The van der Waals surface area contributed by atoms with Gasteiger partial charge >= 0.3 is 0 Å². The molecule has 0 bridgehead atoms. The highest BCUT2D eigenvalue weighted by molar-refractivity contribution is 7.25. The molecule has 0 radical (unpaired) electrons. The molecule has 1 aromatic heterocycles. The molecule has 1 aliphatic carbocycles. The molecule has 1 N–H and O–H groups in total. The molecule has 0 spiro atoms. The summed E-state index contributed by atoms with van der Waals surface area (Å²) in [6.07, 6.45) is 0. The fraction of sp³-hybridized carbons (Fsp3) is 0.200. The van der Waals surface area contributed by atoms with E-state index in [2.05, 4.69) is 98.7 Å². The van der Waals surface area contributed by atoms with Gasteiger partial charge in [0.2, 0.25) is 0 Å². The maximum absolute atomic E-state index is 3.94. The lowest BCUT2D eigenvalue weighted by molar-refractivity contribution is 1.07. The maximum atomic E-state index is 3.94. The van der Waals surface area contributed by atoms with E-state index in [-0.39, 0.29) is 0 Å². The monoisotopic (exact) mass is 399 g/mol. The fourth-order valence-corrected chi connectivity index (χ4v) is 9.51. The second kappa shape index (κ2) is 6.33. The molecule has 4 aromatic rings.